The summed E-state index contributed by atoms with van der Waals surface area (Å²) in [6.07, 6.45) is 3.64. The van der Waals surface area contributed by atoms with Gasteiger partial charge in [-0.25, -0.2) is 4.98 Å². The minimum atomic E-state index is -0.205. The normalized spacial score (nSPS) is 15.8. The van der Waals surface area contributed by atoms with E-state index in [1.165, 1.54) is 19.3 Å². The molecule has 0 bridgehead atoms. The number of aliphatic hydroxyl groups is 1. The lowest BCUT2D eigenvalue weighted by Crippen LogP contribution is -2.31. The first kappa shape index (κ1) is 16.8. The predicted octanol–water partition coefficient (Wildman–Crippen LogP) is 3.77. The highest BCUT2D eigenvalue weighted by Gasteiger charge is 2.18. The van der Waals surface area contributed by atoms with Crippen molar-refractivity contribution < 1.29 is 5.11 Å². The second-order valence-electron chi connectivity index (χ2n) is 6.73. The Morgan fingerprint density at radius 1 is 0.923 bits per heavy atom. The topological polar surface area (TPSA) is 61.3 Å². The van der Waals surface area contributed by atoms with Crippen LogP contribution in [0.15, 0.2) is 54.6 Å². The lowest BCUT2D eigenvalue weighted by atomic mass is 10.1. The molecule has 0 amide bonds. The summed E-state index contributed by atoms with van der Waals surface area (Å²) in [7, 11) is 0. The van der Waals surface area contributed by atoms with Crippen LogP contribution in [0.3, 0.4) is 0 Å². The van der Waals surface area contributed by atoms with Gasteiger partial charge >= 0.3 is 0 Å². The summed E-state index contributed by atoms with van der Waals surface area (Å²) in [4.78, 5) is 11.9. The quantitative estimate of drug-likeness (QED) is 0.735. The zero-order valence-corrected chi connectivity index (χ0v) is 14.8. The SMILES string of the molecule is OC[C@H](Nc1nc(N2CCCCC2)nc2ccccc12)c1ccccc1. The summed E-state index contributed by atoms with van der Waals surface area (Å²) >= 11 is 0. The number of benzene rings is 2. The highest BCUT2D eigenvalue weighted by atomic mass is 16.3. The van der Waals surface area contributed by atoms with Crippen molar-refractivity contribution in [2.24, 2.45) is 0 Å². The number of rotatable bonds is 5. The van der Waals surface area contributed by atoms with E-state index in [0.29, 0.717) is 0 Å². The zero-order valence-electron chi connectivity index (χ0n) is 14.8. The molecule has 1 aliphatic rings. The van der Waals surface area contributed by atoms with Gasteiger partial charge in [0.25, 0.3) is 0 Å². The Labute approximate surface area is 153 Å². The van der Waals surface area contributed by atoms with Crippen molar-refractivity contribution in [3.63, 3.8) is 0 Å². The van der Waals surface area contributed by atoms with E-state index in [4.69, 9.17) is 9.97 Å². The number of nitrogens with one attached hydrogen (secondary N) is 1. The lowest BCUT2D eigenvalue weighted by Gasteiger charge is -2.27. The van der Waals surface area contributed by atoms with Gasteiger partial charge in [-0.2, -0.15) is 4.98 Å². The van der Waals surface area contributed by atoms with E-state index >= 15 is 0 Å². The summed E-state index contributed by atoms with van der Waals surface area (Å²) in [6.45, 7) is 2.00. The van der Waals surface area contributed by atoms with Gasteiger partial charge in [-0.15, -0.1) is 0 Å². The Morgan fingerprint density at radius 2 is 1.65 bits per heavy atom. The van der Waals surface area contributed by atoms with Crippen LogP contribution in [0.25, 0.3) is 10.9 Å². The molecule has 0 unspecified atom stereocenters. The molecule has 1 fully saturated rings. The Hall–Kier alpha value is -2.66. The molecule has 1 aromatic heterocycles. The van der Waals surface area contributed by atoms with Gasteiger partial charge in [-0.1, -0.05) is 42.5 Å². The molecule has 1 saturated heterocycles. The summed E-state index contributed by atoms with van der Waals surface area (Å²) in [5, 5.41) is 14.3. The van der Waals surface area contributed by atoms with E-state index in [9.17, 15) is 5.11 Å². The number of nitrogens with zero attached hydrogens (tertiary/aromatic N) is 3. The van der Waals surface area contributed by atoms with Gasteiger partial charge < -0.3 is 15.3 Å². The number of aromatic nitrogens is 2. The number of anilines is 2. The average Bonchev–Trinajstić information content (AvgIpc) is 2.73. The number of hydrogen-bond donors (Lipinski definition) is 2. The second kappa shape index (κ2) is 7.70. The molecule has 2 heterocycles. The van der Waals surface area contributed by atoms with E-state index in [2.05, 4.69) is 10.2 Å². The highest BCUT2D eigenvalue weighted by Crippen LogP contribution is 2.28. The maximum atomic E-state index is 9.91. The molecule has 0 radical (unpaired) electrons. The van der Waals surface area contributed by atoms with Crippen LogP contribution in [-0.2, 0) is 0 Å². The van der Waals surface area contributed by atoms with Gasteiger partial charge in [0, 0.05) is 18.5 Å². The Morgan fingerprint density at radius 3 is 2.42 bits per heavy atom. The number of para-hydroxylation sites is 1. The predicted molar refractivity (Wildman–Crippen MR) is 105 cm³/mol. The van der Waals surface area contributed by atoms with Crippen molar-refractivity contribution in [2.45, 2.75) is 25.3 Å². The maximum absolute atomic E-state index is 9.91. The molecule has 5 heteroatoms. The van der Waals surface area contributed by atoms with E-state index in [-0.39, 0.29) is 12.6 Å². The van der Waals surface area contributed by atoms with E-state index in [0.717, 1.165) is 41.3 Å². The first-order chi connectivity index (χ1) is 12.8. The summed E-state index contributed by atoms with van der Waals surface area (Å²) in [6, 6.07) is 17.8. The molecule has 5 nitrogen and oxygen atoms in total. The van der Waals surface area contributed by atoms with E-state index in [1.807, 2.05) is 54.6 Å². The van der Waals surface area contributed by atoms with Crippen molar-refractivity contribution in [3.8, 4) is 0 Å². The molecule has 0 aliphatic carbocycles. The molecule has 1 atom stereocenters. The number of piperidine rings is 1. The average molecular weight is 348 g/mol. The summed E-state index contributed by atoms with van der Waals surface area (Å²) in [5.41, 5.74) is 1.97. The third-order valence-electron chi connectivity index (χ3n) is 4.93. The smallest absolute Gasteiger partial charge is 0.227 e. The molecule has 0 spiro atoms. The maximum Gasteiger partial charge on any atom is 0.227 e. The fraction of sp³-hybridized carbons (Fsp3) is 0.333. The number of aliphatic hydroxyl groups excluding tert-OH is 1. The standard InChI is InChI=1S/C21H24N4O/c26-15-19(16-9-3-1-4-10-16)22-20-17-11-5-6-12-18(17)23-21(24-20)25-13-7-2-8-14-25/h1,3-6,9-12,19,26H,2,7-8,13-15H2,(H,22,23,24)/t19-/m0/s1. The third-order valence-corrected chi connectivity index (χ3v) is 4.93. The number of hydrogen-bond acceptors (Lipinski definition) is 5. The minimum absolute atomic E-state index is 0.00138. The van der Waals surface area contributed by atoms with Gasteiger partial charge in [0.05, 0.1) is 18.2 Å². The summed E-state index contributed by atoms with van der Waals surface area (Å²) in [5.74, 6) is 1.55. The van der Waals surface area contributed by atoms with Crippen LogP contribution in [0.5, 0.6) is 0 Å². The third kappa shape index (κ3) is 3.48. The molecule has 4 rings (SSSR count). The number of fused-ring (bicyclic) bond motifs is 1. The highest BCUT2D eigenvalue weighted by molar-refractivity contribution is 5.90. The molecule has 1 aliphatic heterocycles. The summed E-state index contributed by atoms with van der Waals surface area (Å²) < 4.78 is 0. The van der Waals surface area contributed by atoms with Crippen LogP contribution < -0.4 is 10.2 Å². The Kier molecular flexibility index (Phi) is 4.97. The first-order valence-corrected chi connectivity index (χ1v) is 9.29. The van der Waals surface area contributed by atoms with Gasteiger partial charge in [0.2, 0.25) is 5.95 Å². The Balaban J connectivity index is 1.72. The lowest BCUT2D eigenvalue weighted by molar-refractivity contribution is 0.276. The molecule has 26 heavy (non-hydrogen) atoms. The van der Waals surface area contributed by atoms with Crippen molar-refractivity contribution in [1.82, 2.24) is 9.97 Å². The van der Waals surface area contributed by atoms with Crippen LogP contribution >= 0.6 is 0 Å². The monoisotopic (exact) mass is 348 g/mol. The Bertz CT molecular complexity index is 862. The molecule has 0 saturated carbocycles. The van der Waals surface area contributed by atoms with Crippen molar-refractivity contribution in [2.75, 3.05) is 29.9 Å². The first-order valence-electron chi connectivity index (χ1n) is 9.29. The van der Waals surface area contributed by atoms with Crippen molar-refractivity contribution in [1.29, 1.82) is 0 Å². The molecular formula is C21H24N4O. The van der Waals surface area contributed by atoms with Crippen molar-refractivity contribution >= 4 is 22.7 Å². The van der Waals surface area contributed by atoms with Crippen LogP contribution in [-0.4, -0.2) is 34.8 Å². The zero-order chi connectivity index (χ0) is 17.8. The molecular weight excluding hydrogens is 324 g/mol. The van der Waals surface area contributed by atoms with Gasteiger partial charge in [-0.05, 0) is 37.0 Å². The minimum Gasteiger partial charge on any atom is -0.394 e. The molecule has 2 aromatic carbocycles. The molecule has 2 N–H and O–H groups in total. The fourth-order valence-electron chi connectivity index (χ4n) is 3.49. The van der Waals surface area contributed by atoms with Crippen LogP contribution in [0.1, 0.15) is 30.9 Å². The van der Waals surface area contributed by atoms with Crippen molar-refractivity contribution in [3.05, 3.63) is 60.2 Å². The van der Waals surface area contributed by atoms with Crippen LogP contribution in [0, 0.1) is 0 Å². The van der Waals surface area contributed by atoms with E-state index < -0.39 is 0 Å². The molecule has 3 aromatic rings. The van der Waals surface area contributed by atoms with Gasteiger partial charge in [0.1, 0.15) is 5.82 Å². The van der Waals surface area contributed by atoms with Gasteiger partial charge in [-0.3, -0.25) is 0 Å². The fourth-order valence-corrected chi connectivity index (χ4v) is 3.49. The van der Waals surface area contributed by atoms with E-state index in [1.54, 1.807) is 0 Å². The molecule has 134 valence electrons. The van der Waals surface area contributed by atoms with Gasteiger partial charge in [0.15, 0.2) is 0 Å². The van der Waals surface area contributed by atoms with Crippen LogP contribution in [0.2, 0.25) is 0 Å². The largest absolute Gasteiger partial charge is 0.394 e. The second-order valence-corrected chi connectivity index (χ2v) is 6.73. The van der Waals surface area contributed by atoms with Crippen LogP contribution in [0.4, 0.5) is 11.8 Å².